The molecule has 0 spiro atoms. The molecule has 0 amide bonds. The van der Waals surface area contributed by atoms with E-state index in [1.165, 1.54) is 12.1 Å². The van der Waals surface area contributed by atoms with Crippen molar-refractivity contribution in [3.05, 3.63) is 60.2 Å². The quantitative estimate of drug-likeness (QED) is 0.730. The summed E-state index contributed by atoms with van der Waals surface area (Å²) in [6.45, 7) is 2.76. The topological polar surface area (TPSA) is 75.6 Å². The average Bonchev–Trinajstić information content (AvgIpc) is 2.61. The second-order valence-corrected chi connectivity index (χ2v) is 7.20. The fourth-order valence-corrected chi connectivity index (χ4v) is 3.24. The molecule has 0 saturated heterocycles. The largest absolute Gasteiger partial charge is 0.494 e. The molecule has 2 rings (SSSR count). The van der Waals surface area contributed by atoms with Crippen molar-refractivity contribution in [3.63, 3.8) is 0 Å². The van der Waals surface area contributed by atoms with Crippen LogP contribution >= 0.6 is 0 Å². The van der Waals surface area contributed by atoms with E-state index in [2.05, 4.69) is 4.72 Å². The van der Waals surface area contributed by atoms with Gasteiger partial charge in [0.25, 0.3) is 0 Å². The Balaban J connectivity index is 1.89. The van der Waals surface area contributed by atoms with Gasteiger partial charge in [-0.25, -0.2) is 13.1 Å². The lowest BCUT2D eigenvalue weighted by atomic mass is 10.1. The van der Waals surface area contributed by atoms with Gasteiger partial charge >= 0.3 is 0 Å². The van der Waals surface area contributed by atoms with Crippen LogP contribution in [0.25, 0.3) is 0 Å². The van der Waals surface area contributed by atoms with Gasteiger partial charge in [0.15, 0.2) is 0 Å². The van der Waals surface area contributed by atoms with Gasteiger partial charge in [-0.3, -0.25) is 0 Å². The van der Waals surface area contributed by atoms with E-state index < -0.39 is 16.1 Å². The second kappa shape index (κ2) is 8.82. The van der Waals surface area contributed by atoms with Gasteiger partial charge in [0.1, 0.15) is 5.75 Å². The maximum atomic E-state index is 12.2. The first-order valence-electron chi connectivity index (χ1n) is 7.98. The maximum absolute atomic E-state index is 12.2. The number of sulfonamides is 1. The Labute approximate surface area is 143 Å². The minimum Gasteiger partial charge on any atom is -0.494 e. The zero-order valence-electron chi connectivity index (χ0n) is 13.7. The molecule has 130 valence electrons. The molecule has 0 saturated carbocycles. The molecule has 1 unspecified atom stereocenters. The molecule has 0 aliphatic rings. The van der Waals surface area contributed by atoms with Crippen LogP contribution in [0.1, 0.15) is 31.4 Å². The smallest absolute Gasteiger partial charge is 0.240 e. The summed E-state index contributed by atoms with van der Waals surface area (Å²) in [6.07, 6.45) is 0.505. The summed E-state index contributed by atoms with van der Waals surface area (Å²) in [5.41, 5.74) is 0.772. The minimum atomic E-state index is -3.59. The van der Waals surface area contributed by atoms with E-state index in [1.807, 2.05) is 37.3 Å². The van der Waals surface area contributed by atoms with Crippen molar-refractivity contribution >= 4 is 10.0 Å². The third-order valence-electron chi connectivity index (χ3n) is 3.50. The zero-order chi connectivity index (χ0) is 17.4. The molecule has 0 fully saturated rings. The Morgan fingerprint density at radius 3 is 2.38 bits per heavy atom. The highest BCUT2D eigenvalue weighted by Gasteiger charge is 2.15. The molecular weight excluding hydrogens is 326 g/mol. The predicted molar refractivity (Wildman–Crippen MR) is 93.4 cm³/mol. The zero-order valence-corrected chi connectivity index (χ0v) is 14.5. The number of ether oxygens (including phenoxy) is 1. The van der Waals surface area contributed by atoms with Crippen LogP contribution in [0.4, 0.5) is 0 Å². The highest BCUT2D eigenvalue weighted by molar-refractivity contribution is 7.89. The van der Waals surface area contributed by atoms with Gasteiger partial charge in [0, 0.05) is 6.54 Å². The Bertz CT molecular complexity index is 714. The van der Waals surface area contributed by atoms with Gasteiger partial charge in [-0.15, -0.1) is 0 Å². The molecule has 2 aromatic rings. The number of hydrogen-bond acceptors (Lipinski definition) is 4. The van der Waals surface area contributed by atoms with Gasteiger partial charge in [0.05, 0.1) is 17.6 Å². The van der Waals surface area contributed by atoms with Crippen molar-refractivity contribution in [2.75, 3.05) is 13.2 Å². The number of aliphatic hydroxyl groups excluding tert-OH is 1. The van der Waals surface area contributed by atoms with Crippen molar-refractivity contribution < 1.29 is 18.3 Å². The molecule has 0 aliphatic heterocycles. The van der Waals surface area contributed by atoms with Crippen molar-refractivity contribution in [2.45, 2.75) is 30.8 Å². The van der Waals surface area contributed by atoms with E-state index in [0.717, 1.165) is 12.0 Å². The highest BCUT2D eigenvalue weighted by atomic mass is 32.2. The van der Waals surface area contributed by atoms with Crippen LogP contribution in [-0.4, -0.2) is 26.7 Å². The van der Waals surface area contributed by atoms with E-state index in [1.54, 1.807) is 12.1 Å². The molecule has 0 aliphatic carbocycles. The number of nitrogens with one attached hydrogen (secondary N) is 1. The fourth-order valence-electron chi connectivity index (χ4n) is 2.19. The second-order valence-electron chi connectivity index (χ2n) is 5.43. The maximum Gasteiger partial charge on any atom is 0.240 e. The molecule has 6 heteroatoms. The number of aliphatic hydroxyl groups is 1. The number of rotatable bonds is 9. The monoisotopic (exact) mass is 349 g/mol. The van der Waals surface area contributed by atoms with Crippen molar-refractivity contribution in [1.82, 2.24) is 4.72 Å². The molecule has 0 bridgehead atoms. The summed E-state index contributed by atoms with van der Waals surface area (Å²) in [5, 5.41) is 10.1. The highest BCUT2D eigenvalue weighted by Crippen LogP contribution is 2.18. The van der Waals surface area contributed by atoms with E-state index >= 15 is 0 Å². The molecule has 0 radical (unpaired) electrons. The first-order chi connectivity index (χ1) is 11.5. The summed E-state index contributed by atoms with van der Waals surface area (Å²) in [7, 11) is -3.59. The Hall–Kier alpha value is -1.89. The molecular formula is C18H23NO4S. The fraction of sp³-hybridized carbons (Fsp3) is 0.333. The van der Waals surface area contributed by atoms with Gasteiger partial charge in [-0.2, -0.15) is 0 Å². The molecule has 24 heavy (non-hydrogen) atoms. The van der Waals surface area contributed by atoms with Gasteiger partial charge in [-0.05, 0) is 42.7 Å². The molecule has 1 atom stereocenters. The van der Waals surface area contributed by atoms with E-state index in [9.17, 15) is 13.5 Å². The van der Waals surface area contributed by atoms with Crippen LogP contribution < -0.4 is 9.46 Å². The normalized spacial score (nSPS) is 12.8. The van der Waals surface area contributed by atoms with Gasteiger partial charge in [-0.1, -0.05) is 37.3 Å². The van der Waals surface area contributed by atoms with Crippen molar-refractivity contribution in [1.29, 1.82) is 0 Å². The lowest BCUT2D eigenvalue weighted by Crippen LogP contribution is -2.25. The SMILES string of the molecule is CCCOc1ccc(S(=O)(=O)NCCC(O)c2ccccc2)cc1. The third kappa shape index (κ3) is 5.33. The van der Waals surface area contributed by atoms with Crippen LogP contribution in [0.5, 0.6) is 5.75 Å². The predicted octanol–water partition coefficient (Wildman–Crippen LogP) is 2.88. The summed E-state index contributed by atoms with van der Waals surface area (Å²) in [4.78, 5) is 0.181. The van der Waals surface area contributed by atoms with Crippen LogP contribution in [0.15, 0.2) is 59.5 Å². The van der Waals surface area contributed by atoms with Crippen LogP contribution in [-0.2, 0) is 10.0 Å². The average molecular weight is 349 g/mol. The summed E-state index contributed by atoms with van der Waals surface area (Å²) < 4.78 is 32.4. The van der Waals surface area contributed by atoms with E-state index in [-0.39, 0.29) is 11.4 Å². The first kappa shape index (κ1) is 18.4. The van der Waals surface area contributed by atoms with Gasteiger partial charge < -0.3 is 9.84 Å². The standard InChI is InChI=1S/C18H23NO4S/c1-2-14-23-16-8-10-17(11-9-16)24(21,22)19-13-12-18(20)15-6-4-3-5-7-15/h3-11,18-20H,2,12-14H2,1H3. The molecule has 2 N–H and O–H groups in total. The minimum absolute atomic E-state index is 0.159. The lowest BCUT2D eigenvalue weighted by molar-refractivity contribution is 0.169. The number of benzene rings is 2. The molecule has 0 heterocycles. The summed E-state index contributed by atoms with van der Waals surface area (Å²) >= 11 is 0. The van der Waals surface area contributed by atoms with Crippen LogP contribution in [0.3, 0.4) is 0 Å². The van der Waals surface area contributed by atoms with E-state index in [0.29, 0.717) is 18.8 Å². The van der Waals surface area contributed by atoms with E-state index in [4.69, 9.17) is 4.74 Å². The third-order valence-corrected chi connectivity index (χ3v) is 4.98. The molecule has 0 aromatic heterocycles. The number of hydrogen-bond donors (Lipinski definition) is 2. The van der Waals surface area contributed by atoms with Crippen molar-refractivity contribution in [2.24, 2.45) is 0 Å². The van der Waals surface area contributed by atoms with Crippen molar-refractivity contribution in [3.8, 4) is 5.75 Å². The Morgan fingerprint density at radius 2 is 1.75 bits per heavy atom. The van der Waals surface area contributed by atoms with Crippen LogP contribution in [0, 0.1) is 0 Å². The molecule has 2 aromatic carbocycles. The summed E-state index contributed by atoms with van der Waals surface area (Å²) in [5.74, 6) is 0.648. The Morgan fingerprint density at radius 1 is 1.08 bits per heavy atom. The molecule has 5 nitrogen and oxygen atoms in total. The first-order valence-corrected chi connectivity index (χ1v) is 9.47. The van der Waals surface area contributed by atoms with Gasteiger partial charge in [0.2, 0.25) is 10.0 Å². The van der Waals surface area contributed by atoms with Crippen LogP contribution in [0.2, 0.25) is 0 Å². The lowest BCUT2D eigenvalue weighted by Gasteiger charge is -2.12. The Kier molecular flexibility index (Phi) is 6.78. The summed E-state index contributed by atoms with van der Waals surface area (Å²) in [6, 6.07) is 15.5.